The van der Waals surface area contributed by atoms with Crippen molar-refractivity contribution < 1.29 is 19.7 Å². The second kappa shape index (κ2) is 12.3. The molecule has 3 N–H and O–H groups in total. The Labute approximate surface area is 189 Å². The van der Waals surface area contributed by atoms with E-state index >= 15 is 0 Å². The van der Waals surface area contributed by atoms with Crippen LogP contribution in [0.5, 0.6) is 11.5 Å². The van der Waals surface area contributed by atoms with E-state index in [1.165, 1.54) is 10.5 Å². The van der Waals surface area contributed by atoms with Crippen LogP contribution in [-0.2, 0) is 13.1 Å². The van der Waals surface area contributed by atoms with Gasteiger partial charge in [0.2, 0.25) is 0 Å². The molecule has 2 aromatic rings. The Morgan fingerprint density at radius 1 is 1.10 bits per heavy atom. The molecule has 0 spiro atoms. The van der Waals surface area contributed by atoms with Crippen LogP contribution >= 0.6 is 11.8 Å². The molecule has 0 radical (unpaired) electrons. The Morgan fingerprint density at radius 3 is 2.55 bits per heavy atom. The average Bonchev–Trinajstić information content (AvgIpc) is 2.79. The van der Waals surface area contributed by atoms with Crippen molar-refractivity contribution in [1.29, 1.82) is 0 Å². The summed E-state index contributed by atoms with van der Waals surface area (Å²) in [5.41, 5.74) is 2.37. The third-order valence-corrected chi connectivity index (χ3v) is 6.20. The lowest BCUT2D eigenvalue weighted by Crippen LogP contribution is -2.41. The van der Waals surface area contributed by atoms with Gasteiger partial charge in [0, 0.05) is 37.6 Å². The number of hydrogen-bond donors (Lipinski definition) is 3. The first-order valence-corrected chi connectivity index (χ1v) is 12.0. The van der Waals surface area contributed by atoms with Gasteiger partial charge in [-0.3, -0.25) is 0 Å². The summed E-state index contributed by atoms with van der Waals surface area (Å²) < 4.78 is 11.3. The number of rotatable bonds is 11. The topological polar surface area (TPSA) is 74.2 Å². The smallest absolute Gasteiger partial charge is 0.161 e. The van der Waals surface area contributed by atoms with Gasteiger partial charge in [-0.15, -0.1) is 11.8 Å². The summed E-state index contributed by atoms with van der Waals surface area (Å²) in [5.74, 6) is 1.30. The van der Waals surface area contributed by atoms with Crippen molar-refractivity contribution in [3.05, 3.63) is 53.6 Å². The molecule has 0 unspecified atom stereocenters. The first-order chi connectivity index (χ1) is 15.1. The first-order valence-electron chi connectivity index (χ1n) is 10.8. The molecule has 170 valence electrons. The van der Waals surface area contributed by atoms with Crippen molar-refractivity contribution in [1.82, 2.24) is 10.2 Å². The molecule has 31 heavy (non-hydrogen) atoms. The Bertz CT molecular complexity index is 812. The summed E-state index contributed by atoms with van der Waals surface area (Å²) in [6, 6.07) is 14.4. The van der Waals surface area contributed by atoms with Crippen LogP contribution in [0, 0.1) is 0 Å². The number of aliphatic hydroxyl groups excluding tert-OH is 2. The summed E-state index contributed by atoms with van der Waals surface area (Å²) in [7, 11) is 1.63. The van der Waals surface area contributed by atoms with Crippen LogP contribution in [0.1, 0.15) is 24.0 Å². The second-order valence-corrected chi connectivity index (χ2v) is 8.82. The van der Waals surface area contributed by atoms with Gasteiger partial charge in [0.15, 0.2) is 11.5 Å². The minimum atomic E-state index is -0.585. The number of thioether (sulfide) groups is 1. The number of benzene rings is 2. The van der Waals surface area contributed by atoms with E-state index < -0.39 is 6.10 Å². The lowest BCUT2D eigenvalue weighted by Gasteiger charge is -2.30. The van der Waals surface area contributed by atoms with Gasteiger partial charge in [0.1, 0.15) is 12.7 Å². The molecule has 1 aliphatic rings. The lowest BCUT2D eigenvalue weighted by atomic mass is 10.1. The highest BCUT2D eigenvalue weighted by Gasteiger charge is 2.20. The molecule has 1 atom stereocenters. The molecule has 1 saturated heterocycles. The number of nitrogens with one attached hydrogen (secondary N) is 1. The molecular weight excluding hydrogens is 412 g/mol. The second-order valence-electron chi connectivity index (χ2n) is 7.94. The number of piperidine rings is 1. The van der Waals surface area contributed by atoms with Crippen molar-refractivity contribution in [2.24, 2.45) is 0 Å². The Kier molecular flexibility index (Phi) is 9.49. The maximum absolute atomic E-state index is 10.3. The van der Waals surface area contributed by atoms with Crippen LogP contribution in [0.25, 0.3) is 0 Å². The molecule has 2 aromatic carbocycles. The normalized spacial score (nSPS) is 16.3. The van der Waals surface area contributed by atoms with Gasteiger partial charge in [-0.05, 0) is 54.5 Å². The Balaban J connectivity index is 1.46. The summed E-state index contributed by atoms with van der Waals surface area (Å²) >= 11 is 1.75. The van der Waals surface area contributed by atoms with Crippen molar-refractivity contribution in [2.75, 3.05) is 39.6 Å². The van der Waals surface area contributed by atoms with E-state index in [-0.39, 0.29) is 12.7 Å². The zero-order valence-electron chi connectivity index (χ0n) is 18.4. The van der Waals surface area contributed by atoms with E-state index in [1.54, 1.807) is 18.9 Å². The summed E-state index contributed by atoms with van der Waals surface area (Å²) in [6.45, 7) is 3.90. The molecule has 0 aliphatic carbocycles. The van der Waals surface area contributed by atoms with E-state index in [2.05, 4.69) is 40.7 Å². The van der Waals surface area contributed by atoms with E-state index in [4.69, 9.17) is 9.47 Å². The molecule has 0 saturated carbocycles. The van der Waals surface area contributed by atoms with Crippen molar-refractivity contribution in [3.8, 4) is 11.5 Å². The van der Waals surface area contributed by atoms with Crippen molar-refractivity contribution in [3.63, 3.8) is 0 Å². The minimum Gasteiger partial charge on any atom is -0.493 e. The van der Waals surface area contributed by atoms with E-state index in [0.717, 1.165) is 44.6 Å². The summed E-state index contributed by atoms with van der Waals surface area (Å²) in [5, 5.41) is 23.4. The minimum absolute atomic E-state index is 0.206. The fourth-order valence-corrected chi connectivity index (χ4v) is 4.20. The van der Waals surface area contributed by atoms with Crippen molar-refractivity contribution in [2.45, 2.75) is 43.0 Å². The molecule has 3 rings (SSSR count). The highest BCUT2D eigenvalue weighted by atomic mass is 32.2. The van der Waals surface area contributed by atoms with Crippen LogP contribution < -0.4 is 14.8 Å². The number of nitrogens with zero attached hydrogens (tertiary/aromatic N) is 1. The molecule has 6 nitrogen and oxygen atoms in total. The monoisotopic (exact) mass is 446 g/mol. The molecular formula is C24H34N2O4S. The van der Waals surface area contributed by atoms with Crippen LogP contribution in [0.3, 0.4) is 0 Å². The molecule has 7 heteroatoms. The molecule has 0 bridgehead atoms. The van der Waals surface area contributed by atoms with Crippen LogP contribution in [0.4, 0.5) is 0 Å². The number of hydrogen-bond acceptors (Lipinski definition) is 7. The number of methoxy groups -OCH3 is 1. The Morgan fingerprint density at radius 2 is 1.84 bits per heavy atom. The molecule has 1 fully saturated rings. The molecule has 0 amide bonds. The van der Waals surface area contributed by atoms with Crippen molar-refractivity contribution >= 4 is 11.8 Å². The predicted octanol–water partition coefficient (Wildman–Crippen LogP) is 2.90. The summed E-state index contributed by atoms with van der Waals surface area (Å²) in [4.78, 5) is 3.43. The molecule has 1 aliphatic heterocycles. The maximum atomic E-state index is 10.3. The molecule has 0 aromatic heterocycles. The first kappa shape index (κ1) is 23.9. The van der Waals surface area contributed by atoms with Gasteiger partial charge in [-0.2, -0.15) is 0 Å². The Hall–Kier alpha value is -1.77. The SMILES string of the molecule is COc1cc(CNCc2cccc(SC)c2)ccc1OC[C@@H](O)CN1CCC(O)CC1. The van der Waals surface area contributed by atoms with Gasteiger partial charge in [-0.1, -0.05) is 18.2 Å². The van der Waals surface area contributed by atoms with E-state index in [9.17, 15) is 10.2 Å². The largest absolute Gasteiger partial charge is 0.493 e. The van der Waals surface area contributed by atoms with Gasteiger partial charge in [0.25, 0.3) is 0 Å². The number of likely N-dealkylation sites (tertiary alicyclic amines) is 1. The van der Waals surface area contributed by atoms with Gasteiger partial charge in [0.05, 0.1) is 13.2 Å². The van der Waals surface area contributed by atoms with E-state index in [0.29, 0.717) is 18.0 Å². The lowest BCUT2D eigenvalue weighted by molar-refractivity contribution is 0.0333. The maximum Gasteiger partial charge on any atom is 0.161 e. The zero-order valence-corrected chi connectivity index (χ0v) is 19.2. The fourth-order valence-electron chi connectivity index (χ4n) is 3.71. The zero-order chi connectivity index (χ0) is 22.1. The number of β-amino-alcohol motifs (C(OH)–C–C–N with tert-alkyl or cyclic N) is 1. The highest BCUT2D eigenvalue weighted by molar-refractivity contribution is 7.98. The molecule has 1 heterocycles. The van der Waals surface area contributed by atoms with Gasteiger partial charge >= 0.3 is 0 Å². The predicted molar refractivity (Wildman–Crippen MR) is 125 cm³/mol. The van der Waals surface area contributed by atoms with E-state index in [1.807, 2.05) is 18.2 Å². The number of aliphatic hydroxyl groups is 2. The number of ether oxygens (including phenoxy) is 2. The van der Waals surface area contributed by atoms with Crippen LogP contribution in [-0.4, -0.2) is 66.9 Å². The standard InChI is InChI=1S/C24H34N2O4S/c1-29-24-13-19(15-25-14-18-4-3-5-22(12-18)31-2)6-7-23(24)30-17-21(28)16-26-10-8-20(27)9-11-26/h3-7,12-13,20-21,25,27-28H,8-11,14-17H2,1-2H3/t21-/m0/s1. The summed E-state index contributed by atoms with van der Waals surface area (Å²) in [6.07, 6.45) is 2.82. The van der Waals surface area contributed by atoms with Gasteiger partial charge < -0.3 is 29.9 Å². The quantitative estimate of drug-likeness (QED) is 0.458. The average molecular weight is 447 g/mol. The van der Waals surface area contributed by atoms with Crippen LogP contribution in [0.2, 0.25) is 0 Å². The fraction of sp³-hybridized carbons (Fsp3) is 0.500. The third kappa shape index (κ3) is 7.70. The third-order valence-electron chi connectivity index (χ3n) is 5.48. The highest BCUT2D eigenvalue weighted by Crippen LogP contribution is 2.28. The van der Waals surface area contributed by atoms with Crippen LogP contribution in [0.15, 0.2) is 47.4 Å². The van der Waals surface area contributed by atoms with Gasteiger partial charge in [-0.25, -0.2) is 0 Å².